The summed E-state index contributed by atoms with van der Waals surface area (Å²) in [5.41, 5.74) is 2.32. The van der Waals surface area contributed by atoms with Crippen LogP contribution in [-0.2, 0) is 11.3 Å². The number of likely N-dealkylation sites (tertiary alicyclic amines) is 1. The maximum atomic E-state index is 12.5. The average molecular weight is 374 g/mol. The highest BCUT2D eigenvalue weighted by atomic mass is 16.2. The fourth-order valence-electron chi connectivity index (χ4n) is 3.79. The molecule has 0 aromatic carbocycles. The summed E-state index contributed by atoms with van der Waals surface area (Å²) in [6, 6.07) is 4.26. The van der Waals surface area contributed by atoms with Crippen LogP contribution in [0.4, 0.5) is 4.79 Å². The molecule has 1 N–H and O–H groups in total. The summed E-state index contributed by atoms with van der Waals surface area (Å²) in [6.07, 6.45) is 2.37. The van der Waals surface area contributed by atoms with Gasteiger partial charge in [0, 0.05) is 70.4 Å². The third-order valence-electron chi connectivity index (χ3n) is 5.55. The van der Waals surface area contributed by atoms with E-state index in [-0.39, 0.29) is 23.9 Å². The van der Waals surface area contributed by atoms with Gasteiger partial charge in [-0.1, -0.05) is 6.07 Å². The molecular formula is C20H31N5O2. The van der Waals surface area contributed by atoms with Gasteiger partial charge in [-0.3, -0.25) is 14.7 Å². The van der Waals surface area contributed by atoms with Crippen molar-refractivity contribution < 1.29 is 9.59 Å². The SMILES string of the molecule is Cc1cccnc1CN1CCN(C(=O)NC[C@@H]2CC(=O)N(C(C)C)C2)CC1. The van der Waals surface area contributed by atoms with E-state index in [1.54, 1.807) is 0 Å². The van der Waals surface area contributed by atoms with Gasteiger partial charge in [-0.15, -0.1) is 0 Å². The van der Waals surface area contributed by atoms with E-state index in [4.69, 9.17) is 0 Å². The molecule has 3 amide bonds. The number of rotatable bonds is 5. The van der Waals surface area contributed by atoms with E-state index in [0.717, 1.165) is 45.0 Å². The standard InChI is InChI=1S/C20H31N5O2/c1-15(2)25-13-17(11-19(25)26)12-22-20(27)24-9-7-23(8-10-24)14-18-16(3)5-4-6-21-18/h4-6,15,17H,7-14H2,1-3H3,(H,22,27)/t17-/m0/s1. The van der Waals surface area contributed by atoms with Gasteiger partial charge >= 0.3 is 6.03 Å². The number of aryl methyl sites for hydroxylation is 1. The first kappa shape index (κ1) is 19.6. The summed E-state index contributed by atoms with van der Waals surface area (Å²) < 4.78 is 0. The minimum atomic E-state index is -0.0147. The van der Waals surface area contributed by atoms with Crippen LogP contribution in [-0.4, -0.2) is 76.9 Å². The van der Waals surface area contributed by atoms with E-state index in [1.165, 1.54) is 5.56 Å². The molecule has 7 nitrogen and oxygen atoms in total. The molecule has 27 heavy (non-hydrogen) atoms. The van der Waals surface area contributed by atoms with Gasteiger partial charge in [0.15, 0.2) is 0 Å². The van der Waals surface area contributed by atoms with Crippen molar-refractivity contribution in [2.75, 3.05) is 39.3 Å². The van der Waals surface area contributed by atoms with E-state index in [9.17, 15) is 9.59 Å². The number of carbonyl (C=O) groups excluding carboxylic acids is 2. The van der Waals surface area contributed by atoms with E-state index < -0.39 is 0 Å². The number of aromatic nitrogens is 1. The van der Waals surface area contributed by atoms with E-state index >= 15 is 0 Å². The highest BCUT2D eigenvalue weighted by Gasteiger charge is 2.31. The van der Waals surface area contributed by atoms with E-state index in [0.29, 0.717) is 13.0 Å². The lowest BCUT2D eigenvalue weighted by molar-refractivity contribution is -0.129. The van der Waals surface area contributed by atoms with Crippen molar-refractivity contribution >= 4 is 11.9 Å². The number of carbonyl (C=O) groups is 2. The highest BCUT2D eigenvalue weighted by Crippen LogP contribution is 2.19. The lowest BCUT2D eigenvalue weighted by Gasteiger charge is -2.34. The Balaban J connectivity index is 1.40. The minimum Gasteiger partial charge on any atom is -0.340 e. The Morgan fingerprint density at radius 3 is 2.67 bits per heavy atom. The Morgan fingerprint density at radius 1 is 1.30 bits per heavy atom. The van der Waals surface area contributed by atoms with Gasteiger partial charge in [-0.05, 0) is 32.4 Å². The molecular weight excluding hydrogens is 342 g/mol. The molecule has 3 heterocycles. The third-order valence-corrected chi connectivity index (χ3v) is 5.55. The quantitative estimate of drug-likeness (QED) is 0.849. The van der Waals surface area contributed by atoms with Crippen LogP contribution in [0.15, 0.2) is 18.3 Å². The predicted octanol–water partition coefficient (Wildman–Crippen LogP) is 1.47. The van der Waals surface area contributed by atoms with Crippen LogP contribution in [0.1, 0.15) is 31.5 Å². The summed E-state index contributed by atoms with van der Waals surface area (Å²) in [6.45, 7) is 11.4. The van der Waals surface area contributed by atoms with Gasteiger partial charge < -0.3 is 15.1 Å². The Morgan fingerprint density at radius 2 is 2.04 bits per heavy atom. The highest BCUT2D eigenvalue weighted by molar-refractivity contribution is 5.79. The molecule has 0 radical (unpaired) electrons. The van der Waals surface area contributed by atoms with Crippen LogP contribution >= 0.6 is 0 Å². The summed E-state index contributed by atoms with van der Waals surface area (Å²) in [5, 5.41) is 3.03. The first-order valence-electron chi connectivity index (χ1n) is 9.89. The number of hydrogen-bond donors (Lipinski definition) is 1. The zero-order valence-electron chi connectivity index (χ0n) is 16.6. The van der Waals surface area contributed by atoms with Gasteiger partial charge in [0.1, 0.15) is 0 Å². The van der Waals surface area contributed by atoms with Gasteiger partial charge in [-0.25, -0.2) is 4.79 Å². The number of piperazine rings is 1. The molecule has 0 saturated carbocycles. The molecule has 2 saturated heterocycles. The molecule has 0 spiro atoms. The van der Waals surface area contributed by atoms with Crippen molar-refractivity contribution in [3.63, 3.8) is 0 Å². The topological polar surface area (TPSA) is 68.8 Å². The Hall–Kier alpha value is -2.15. The number of amides is 3. The summed E-state index contributed by atoms with van der Waals surface area (Å²) >= 11 is 0. The van der Waals surface area contributed by atoms with Crippen molar-refractivity contribution in [1.29, 1.82) is 0 Å². The molecule has 2 fully saturated rings. The van der Waals surface area contributed by atoms with E-state index in [1.807, 2.05) is 35.9 Å². The zero-order chi connectivity index (χ0) is 19.4. The van der Waals surface area contributed by atoms with Gasteiger partial charge in [0.2, 0.25) is 5.91 Å². The number of pyridine rings is 1. The number of hydrogen-bond acceptors (Lipinski definition) is 4. The Bertz CT molecular complexity index is 670. The normalized spacial score (nSPS) is 21.2. The first-order chi connectivity index (χ1) is 12.9. The van der Waals surface area contributed by atoms with Gasteiger partial charge in [-0.2, -0.15) is 0 Å². The van der Waals surface area contributed by atoms with Crippen LogP contribution in [0, 0.1) is 12.8 Å². The molecule has 0 aliphatic carbocycles. The summed E-state index contributed by atoms with van der Waals surface area (Å²) in [5.74, 6) is 0.417. The first-order valence-corrected chi connectivity index (χ1v) is 9.89. The third kappa shape index (κ3) is 4.97. The maximum Gasteiger partial charge on any atom is 0.317 e. The summed E-state index contributed by atoms with van der Waals surface area (Å²) in [7, 11) is 0. The van der Waals surface area contributed by atoms with Crippen LogP contribution < -0.4 is 5.32 Å². The maximum absolute atomic E-state index is 12.5. The molecule has 2 aliphatic heterocycles. The zero-order valence-corrected chi connectivity index (χ0v) is 16.6. The van der Waals surface area contributed by atoms with Gasteiger partial charge in [0.25, 0.3) is 0 Å². The monoisotopic (exact) mass is 373 g/mol. The molecule has 3 rings (SSSR count). The van der Waals surface area contributed by atoms with Crippen molar-refractivity contribution in [3.8, 4) is 0 Å². The molecule has 148 valence electrons. The number of nitrogens with one attached hydrogen (secondary N) is 1. The van der Waals surface area contributed by atoms with Crippen LogP contribution in [0.3, 0.4) is 0 Å². The average Bonchev–Trinajstić information content (AvgIpc) is 3.03. The Labute approximate surface area is 161 Å². The molecule has 1 aromatic heterocycles. The molecule has 2 aliphatic rings. The van der Waals surface area contributed by atoms with Crippen molar-refractivity contribution in [3.05, 3.63) is 29.6 Å². The smallest absolute Gasteiger partial charge is 0.317 e. The minimum absolute atomic E-state index is 0.0147. The predicted molar refractivity (Wildman–Crippen MR) is 104 cm³/mol. The fourth-order valence-corrected chi connectivity index (χ4v) is 3.79. The lowest BCUT2D eigenvalue weighted by atomic mass is 10.1. The fraction of sp³-hybridized carbons (Fsp3) is 0.650. The number of nitrogens with zero attached hydrogens (tertiary/aromatic N) is 4. The number of urea groups is 1. The van der Waals surface area contributed by atoms with Crippen LogP contribution in [0.2, 0.25) is 0 Å². The van der Waals surface area contributed by atoms with Crippen LogP contribution in [0.5, 0.6) is 0 Å². The van der Waals surface area contributed by atoms with E-state index in [2.05, 4.69) is 28.2 Å². The second-order valence-electron chi connectivity index (χ2n) is 7.93. The largest absolute Gasteiger partial charge is 0.340 e. The lowest BCUT2D eigenvalue weighted by Crippen LogP contribution is -2.52. The molecule has 1 atom stereocenters. The van der Waals surface area contributed by atoms with Gasteiger partial charge in [0.05, 0.1) is 5.69 Å². The van der Waals surface area contributed by atoms with Crippen molar-refractivity contribution in [2.24, 2.45) is 5.92 Å². The molecule has 1 aromatic rings. The van der Waals surface area contributed by atoms with Crippen molar-refractivity contribution in [1.82, 2.24) is 25.0 Å². The molecule has 7 heteroatoms. The van der Waals surface area contributed by atoms with Crippen molar-refractivity contribution in [2.45, 2.75) is 39.8 Å². The molecule has 0 bridgehead atoms. The van der Waals surface area contributed by atoms with Crippen LogP contribution in [0.25, 0.3) is 0 Å². The second kappa shape index (κ2) is 8.69. The second-order valence-corrected chi connectivity index (χ2v) is 7.93. The molecule has 0 unspecified atom stereocenters. The summed E-state index contributed by atoms with van der Waals surface area (Å²) in [4.78, 5) is 35.0. The Kier molecular flexibility index (Phi) is 6.31.